The van der Waals surface area contributed by atoms with Crippen molar-refractivity contribution in [1.29, 1.82) is 0 Å². The zero-order valence-electron chi connectivity index (χ0n) is 14.6. The van der Waals surface area contributed by atoms with Crippen LogP contribution >= 0.6 is 11.8 Å². The number of hydrogen-bond donors (Lipinski definition) is 0. The van der Waals surface area contributed by atoms with E-state index in [9.17, 15) is 0 Å². The SMILES string of the molecule is C1=C(c2ccc(-c3ccccc3)cc2)N2CC(c3ccccc3)=NN=C2S1. The number of rotatable bonds is 3. The van der Waals surface area contributed by atoms with Crippen molar-refractivity contribution >= 4 is 28.3 Å². The van der Waals surface area contributed by atoms with E-state index in [1.807, 2.05) is 24.3 Å². The highest BCUT2D eigenvalue weighted by Crippen LogP contribution is 2.35. The van der Waals surface area contributed by atoms with Crippen molar-refractivity contribution in [1.82, 2.24) is 4.90 Å². The van der Waals surface area contributed by atoms with E-state index in [-0.39, 0.29) is 0 Å². The summed E-state index contributed by atoms with van der Waals surface area (Å²) in [6.45, 7) is 0.738. The third kappa shape index (κ3) is 3.09. The molecular weight excluding hydrogens is 350 g/mol. The topological polar surface area (TPSA) is 28.0 Å². The molecule has 3 aromatic rings. The zero-order chi connectivity index (χ0) is 18.1. The maximum atomic E-state index is 4.43. The molecule has 27 heavy (non-hydrogen) atoms. The van der Waals surface area contributed by atoms with Gasteiger partial charge in [-0.2, -0.15) is 5.10 Å². The summed E-state index contributed by atoms with van der Waals surface area (Å²) >= 11 is 1.63. The van der Waals surface area contributed by atoms with Crippen molar-refractivity contribution in [2.45, 2.75) is 0 Å². The van der Waals surface area contributed by atoms with Crippen LogP contribution in [0.2, 0.25) is 0 Å². The van der Waals surface area contributed by atoms with Crippen molar-refractivity contribution < 1.29 is 0 Å². The van der Waals surface area contributed by atoms with Crippen LogP contribution in [0.4, 0.5) is 0 Å². The van der Waals surface area contributed by atoms with Crippen molar-refractivity contribution in [3.8, 4) is 11.1 Å². The lowest BCUT2D eigenvalue weighted by Gasteiger charge is -2.25. The molecule has 0 fully saturated rings. The Hall–Kier alpha value is -3.11. The smallest absolute Gasteiger partial charge is 0.194 e. The third-order valence-corrected chi connectivity index (χ3v) is 5.61. The molecule has 0 aliphatic carbocycles. The molecule has 0 saturated heterocycles. The van der Waals surface area contributed by atoms with Gasteiger partial charge in [0.25, 0.3) is 0 Å². The molecule has 130 valence electrons. The number of thioether (sulfide) groups is 1. The van der Waals surface area contributed by atoms with E-state index >= 15 is 0 Å². The molecule has 0 unspecified atom stereocenters. The quantitative estimate of drug-likeness (QED) is 0.613. The van der Waals surface area contributed by atoms with Gasteiger partial charge < -0.3 is 4.90 Å². The summed E-state index contributed by atoms with van der Waals surface area (Å²) in [4.78, 5) is 2.25. The molecule has 0 aromatic heterocycles. The normalized spacial score (nSPS) is 15.7. The summed E-state index contributed by atoms with van der Waals surface area (Å²) in [6, 6.07) is 29.5. The second-order valence-corrected chi connectivity index (χ2v) is 7.28. The van der Waals surface area contributed by atoms with Crippen LogP contribution in [0.15, 0.2) is 101 Å². The summed E-state index contributed by atoms with van der Waals surface area (Å²) in [5.74, 6) is 0. The summed E-state index contributed by atoms with van der Waals surface area (Å²) in [5, 5.41) is 12.0. The Morgan fingerprint density at radius 3 is 1.93 bits per heavy atom. The Labute approximate surface area is 162 Å². The van der Waals surface area contributed by atoms with Gasteiger partial charge in [0, 0.05) is 5.41 Å². The fourth-order valence-corrected chi connectivity index (χ4v) is 4.18. The first-order chi connectivity index (χ1) is 13.4. The monoisotopic (exact) mass is 367 g/mol. The van der Waals surface area contributed by atoms with Crippen molar-refractivity contribution in [2.24, 2.45) is 10.2 Å². The van der Waals surface area contributed by atoms with Gasteiger partial charge in [-0.15, -0.1) is 5.10 Å². The molecule has 2 aliphatic rings. The molecule has 0 bridgehead atoms. The second kappa shape index (κ2) is 6.89. The van der Waals surface area contributed by atoms with Gasteiger partial charge in [-0.05, 0) is 22.3 Å². The Balaban J connectivity index is 1.41. The maximum absolute atomic E-state index is 4.43. The zero-order valence-corrected chi connectivity index (χ0v) is 15.4. The lowest BCUT2D eigenvalue weighted by atomic mass is 10.0. The molecule has 0 saturated carbocycles. The van der Waals surface area contributed by atoms with Crippen LogP contribution in [0.5, 0.6) is 0 Å². The molecule has 4 heteroatoms. The molecule has 3 aromatic carbocycles. The summed E-state index contributed by atoms with van der Waals surface area (Å²) in [6.07, 6.45) is 0. The fourth-order valence-electron chi connectivity index (χ4n) is 3.32. The summed E-state index contributed by atoms with van der Waals surface area (Å²) < 4.78 is 0. The first-order valence-corrected chi connectivity index (χ1v) is 9.77. The molecule has 0 spiro atoms. The van der Waals surface area contributed by atoms with Crippen molar-refractivity contribution in [2.75, 3.05) is 6.54 Å². The number of hydrogen-bond acceptors (Lipinski definition) is 4. The number of nitrogens with zero attached hydrogens (tertiary/aromatic N) is 3. The van der Waals surface area contributed by atoms with Crippen LogP contribution < -0.4 is 0 Å². The molecule has 0 N–H and O–H groups in total. The van der Waals surface area contributed by atoms with E-state index in [2.05, 4.69) is 81.2 Å². The predicted molar refractivity (Wildman–Crippen MR) is 115 cm³/mol. The van der Waals surface area contributed by atoms with Gasteiger partial charge in [-0.3, -0.25) is 0 Å². The van der Waals surface area contributed by atoms with Crippen LogP contribution in [0.25, 0.3) is 16.8 Å². The lowest BCUT2D eigenvalue weighted by Crippen LogP contribution is -2.32. The third-order valence-electron chi connectivity index (χ3n) is 4.76. The number of amidine groups is 1. The van der Waals surface area contributed by atoms with E-state index in [0.29, 0.717) is 0 Å². The van der Waals surface area contributed by atoms with Gasteiger partial charge in [0.15, 0.2) is 5.17 Å². The molecule has 0 radical (unpaired) electrons. The highest BCUT2D eigenvalue weighted by molar-refractivity contribution is 8.16. The van der Waals surface area contributed by atoms with Crippen LogP contribution in [0, 0.1) is 0 Å². The largest absolute Gasteiger partial charge is 0.312 e. The first-order valence-electron chi connectivity index (χ1n) is 8.89. The molecular formula is C23H17N3S. The molecule has 2 aliphatic heterocycles. The minimum atomic E-state index is 0.738. The van der Waals surface area contributed by atoms with Crippen LogP contribution in [-0.2, 0) is 0 Å². The van der Waals surface area contributed by atoms with Crippen LogP contribution in [-0.4, -0.2) is 22.3 Å². The van der Waals surface area contributed by atoms with E-state index < -0.39 is 0 Å². The second-order valence-electron chi connectivity index (χ2n) is 6.45. The number of fused-ring (bicyclic) bond motifs is 1. The fraction of sp³-hybridized carbons (Fsp3) is 0.0435. The van der Waals surface area contributed by atoms with Gasteiger partial charge in [-0.25, -0.2) is 0 Å². The molecule has 0 atom stereocenters. The van der Waals surface area contributed by atoms with E-state index in [0.717, 1.165) is 23.0 Å². The van der Waals surface area contributed by atoms with E-state index in [4.69, 9.17) is 0 Å². The highest BCUT2D eigenvalue weighted by Gasteiger charge is 2.28. The Morgan fingerprint density at radius 2 is 1.22 bits per heavy atom. The van der Waals surface area contributed by atoms with E-state index in [1.54, 1.807) is 11.8 Å². The summed E-state index contributed by atoms with van der Waals surface area (Å²) in [5.41, 5.74) is 6.95. The van der Waals surface area contributed by atoms with Gasteiger partial charge in [0.2, 0.25) is 0 Å². The average Bonchev–Trinajstić information content (AvgIpc) is 3.18. The molecule has 3 nitrogen and oxygen atoms in total. The van der Waals surface area contributed by atoms with Crippen LogP contribution in [0.3, 0.4) is 0 Å². The van der Waals surface area contributed by atoms with Gasteiger partial charge in [0.05, 0.1) is 18.0 Å². The molecule has 0 amide bonds. The minimum absolute atomic E-state index is 0.738. The van der Waals surface area contributed by atoms with Gasteiger partial charge in [0.1, 0.15) is 0 Å². The van der Waals surface area contributed by atoms with Gasteiger partial charge in [-0.1, -0.05) is 96.7 Å². The Kier molecular flexibility index (Phi) is 4.11. The van der Waals surface area contributed by atoms with Crippen molar-refractivity contribution in [3.05, 3.63) is 101 Å². The van der Waals surface area contributed by atoms with Crippen LogP contribution in [0.1, 0.15) is 11.1 Å². The first kappa shape index (κ1) is 16.1. The molecule has 5 rings (SSSR count). The number of benzene rings is 3. The molecule has 2 heterocycles. The van der Waals surface area contributed by atoms with Gasteiger partial charge >= 0.3 is 0 Å². The Morgan fingerprint density at radius 1 is 0.630 bits per heavy atom. The summed E-state index contributed by atoms with van der Waals surface area (Å²) in [7, 11) is 0. The highest BCUT2D eigenvalue weighted by atomic mass is 32.2. The van der Waals surface area contributed by atoms with Crippen molar-refractivity contribution in [3.63, 3.8) is 0 Å². The lowest BCUT2D eigenvalue weighted by molar-refractivity contribution is 0.670. The van der Waals surface area contributed by atoms with E-state index in [1.165, 1.54) is 22.4 Å². The minimum Gasteiger partial charge on any atom is -0.312 e. The predicted octanol–water partition coefficient (Wildman–Crippen LogP) is 5.47. The average molecular weight is 367 g/mol. The maximum Gasteiger partial charge on any atom is 0.194 e. The Bertz CT molecular complexity index is 1050. The standard InChI is InChI=1S/C23H17N3S/c1-3-7-17(8-4-1)18-11-13-20(14-12-18)22-16-27-23-25-24-21(15-26(22)23)19-9-5-2-6-10-19/h1-14,16H,15H2.